The summed E-state index contributed by atoms with van der Waals surface area (Å²) >= 11 is 0. The third-order valence-electron chi connectivity index (χ3n) is 10.8. The SMILES string of the molecule is CC/C=C\C/C=C\C/C=C\C/C=C\C/C=C\C/C=C\C/C=C\CCCCCCCCCCCCCCCCCCCCCC(=O)NC(CO)C(O)/C=C/CCCCCC. The summed E-state index contributed by atoms with van der Waals surface area (Å²) in [6.45, 7) is 4.11. The van der Waals surface area contributed by atoms with E-state index in [2.05, 4.69) is 104 Å². The van der Waals surface area contributed by atoms with Gasteiger partial charge in [-0.15, -0.1) is 0 Å². The van der Waals surface area contributed by atoms with E-state index < -0.39 is 12.1 Å². The van der Waals surface area contributed by atoms with Crippen LogP contribution in [0.2, 0.25) is 0 Å². The van der Waals surface area contributed by atoms with E-state index in [1.807, 2.05) is 6.08 Å². The molecule has 0 rings (SSSR count). The van der Waals surface area contributed by atoms with Crippen molar-refractivity contribution in [2.24, 2.45) is 0 Å². The van der Waals surface area contributed by atoms with Gasteiger partial charge in [0.25, 0.3) is 0 Å². The Morgan fingerprint density at radius 2 is 0.746 bits per heavy atom. The number of unbranched alkanes of at least 4 members (excludes halogenated alkanes) is 23. The zero-order chi connectivity index (χ0) is 42.8. The maximum Gasteiger partial charge on any atom is 0.220 e. The molecule has 0 bridgehead atoms. The van der Waals surface area contributed by atoms with E-state index in [4.69, 9.17) is 0 Å². The van der Waals surface area contributed by atoms with E-state index in [-0.39, 0.29) is 12.5 Å². The summed E-state index contributed by atoms with van der Waals surface area (Å²) in [4.78, 5) is 12.3. The Labute approximate surface area is 366 Å². The molecule has 0 radical (unpaired) electrons. The molecule has 1 amide bonds. The van der Waals surface area contributed by atoms with E-state index in [0.29, 0.717) is 6.42 Å². The first-order valence-corrected chi connectivity index (χ1v) is 25.0. The monoisotopic (exact) mass is 818 g/mol. The lowest BCUT2D eigenvalue weighted by molar-refractivity contribution is -0.123. The van der Waals surface area contributed by atoms with Crippen molar-refractivity contribution in [2.45, 2.75) is 238 Å². The second-order valence-electron chi connectivity index (χ2n) is 16.5. The number of aliphatic hydroxyl groups excluding tert-OH is 2. The van der Waals surface area contributed by atoms with Crippen LogP contribution in [0.15, 0.2) is 97.2 Å². The topological polar surface area (TPSA) is 69.6 Å². The lowest BCUT2D eigenvalue weighted by atomic mass is 10.0. The molecule has 0 saturated carbocycles. The third kappa shape index (κ3) is 46.2. The Morgan fingerprint density at radius 1 is 0.424 bits per heavy atom. The van der Waals surface area contributed by atoms with Crippen LogP contribution in [0.5, 0.6) is 0 Å². The maximum atomic E-state index is 12.3. The van der Waals surface area contributed by atoms with Gasteiger partial charge < -0.3 is 15.5 Å². The van der Waals surface area contributed by atoms with Crippen molar-refractivity contribution < 1.29 is 15.0 Å². The minimum Gasteiger partial charge on any atom is -0.394 e. The second kappa shape index (κ2) is 49.7. The summed E-state index contributed by atoms with van der Waals surface area (Å²) in [6, 6.07) is -0.620. The van der Waals surface area contributed by atoms with Gasteiger partial charge in [-0.3, -0.25) is 4.79 Å². The van der Waals surface area contributed by atoms with Crippen LogP contribution in [0.25, 0.3) is 0 Å². The number of carbonyl (C=O) groups excluding carboxylic acids is 1. The highest BCUT2D eigenvalue weighted by molar-refractivity contribution is 5.76. The van der Waals surface area contributed by atoms with E-state index in [9.17, 15) is 15.0 Å². The Bertz CT molecular complexity index is 1110. The normalized spacial score (nSPS) is 13.8. The Kier molecular flexibility index (Phi) is 47.4. The van der Waals surface area contributed by atoms with E-state index >= 15 is 0 Å². The predicted molar refractivity (Wildman–Crippen MR) is 262 cm³/mol. The molecule has 338 valence electrons. The van der Waals surface area contributed by atoms with Crippen LogP contribution >= 0.6 is 0 Å². The van der Waals surface area contributed by atoms with E-state index in [1.54, 1.807) is 6.08 Å². The van der Waals surface area contributed by atoms with E-state index in [0.717, 1.165) is 70.6 Å². The van der Waals surface area contributed by atoms with Gasteiger partial charge in [0.2, 0.25) is 5.91 Å². The molecule has 0 aromatic rings. The maximum absolute atomic E-state index is 12.3. The molecule has 4 heteroatoms. The molecule has 0 heterocycles. The number of aliphatic hydroxyl groups is 2. The Balaban J connectivity index is 3.43. The van der Waals surface area contributed by atoms with Gasteiger partial charge >= 0.3 is 0 Å². The molecule has 0 aliphatic heterocycles. The van der Waals surface area contributed by atoms with Gasteiger partial charge in [0.15, 0.2) is 0 Å². The van der Waals surface area contributed by atoms with Gasteiger partial charge in [-0.1, -0.05) is 239 Å². The fraction of sp³-hybridized carbons (Fsp3) is 0.691. The van der Waals surface area contributed by atoms with Gasteiger partial charge in [-0.05, 0) is 77.0 Å². The van der Waals surface area contributed by atoms with Crippen molar-refractivity contribution in [3.05, 3.63) is 97.2 Å². The van der Waals surface area contributed by atoms with Crippen LogP contribution in [-0.4, -0.2) is 34.9 Å². The Morgan fingerprint density at radius 3 is 1.12 bits per heavy atom. The largest absolute Gasteiger partial charge is 0.394 e. The number of hydrogen-bond acceptors (Lipinski definition) is 3. The second-order valence-corrected chi connectivity index (χ2v) is 16.5. The summed E-state index contributed by atoms with van der Waals surface area (Å²) < 4.78 is 0. The molecule has 0 spiro atoms. The molecule has 59 heavy (non-hydrogen) atoms. The van der Waals surface area contributed by atoms with Gasteiger partial charge in [-0.2, -0.15) is 0 Å². The van der Waals surface area contributed by atoms with Crippen LogP contribution in [0.1, 0.15) is 226 Å². The molecule has 2 unspecified atom stereocenters. The van der Waals surface area contributed by atoms with Gasteiger partial charge in [-0.25, -0.2) is 0 Å². The molecule has 0 fully saturated rings. The highest BCUT2D eigenvalue weighted by Gasteiger charge is 2.17. The molecule has 0 aliphatic rings. The highest BCUT2D eigenvalue weighted by Crippen LogP contribution is 2.15. The molecule has 0 aromatic heterocycles. The highest BCUT2D eigenvalue weighted by atomic mass is 16.3. The summed E-state index contributed by atoms with van der Waals surface area (Å²) in [5.41, 5.74) is 0. The number of nitrogens with one attached hydrogen (secondary N) is 1. The molecular weight excluding hydrogens is 723 g/mol. The van der Waals surface area contributed by atoms with Crippen molar-refractivity contribution in [1.82, 2.24) is 5.32 Å². The smallest absolute Gasteiger partial charge is 0.220 e. The molecule has 0 aliphatic carbocycles. The van der Waals surface area contributed by atoms with Crippen LogP contribution in [0.3, 0.4) is 0 Å². The molecule has 0 saturated heterocycles. The van der Waals surface area contributed by atoms with Gasteiger partial charge in [0, 0.05) is 6.42 Å². The van der Waals surface area contributed by atoms with Crippen molar-refractivity contribution in [1.29, 1.82) is 0 Å². The Hall–Kier alpha value is -2.69. The number of allylic oxidation sites excluding steroid dienone is 15. The summed E-state index contributed by atoms with van der Waals surface area (Å²) in [5, 5.41) is 22.7. The first-order valence-electron chi connectivity index (χ1n) is 25.0. The first-order chi connectivity index (χ1) is 29.2. The minimum absolute atomic E-state index is 0.0711. The molecule has 3 N–H and O–H groups in total. The number of rotatable bonds is 44. The van der Waals surface area contributed by atoms with Crippen LogP contribution < -0.4 is 5.32 Å². The van der Waals surface area contributed by atoms with Gasteiger partial charge in [0.05, 0.1) is 18.8 Å². The summed E-state index contributed by atoms with van der Waals surface area (Å²) in [5.74, 6) is -0.0711. The number of amides is 1. The van der Waals surface area contributed by atoms with Crippen LogP contribution in [-0.2, 0) is 4.79 Å². The fourth-order valence-corrected chi connectivity index (χ4v) is 7.04. The average molecular weight is 818 g/mol. The van der Waals surface area contributed by atoms with Gasteiger partial charge in [0.1, 0.15) is 0 Å². The zero-order valence-corrected chi connectivity index (χ0v) is 38.7. The van der Waals surface area contributed by atoms with Crippen molar-refractivity contribution in [3.63, 3.8) is 0 Å². The van der Waals surface area contributed by atoms with Crippen molar-refractivity contribution >= 4 is 5.91 Å². The quantitative estimate of drug-likeness (QED) is 0.0424. The molecular formula is C55H95NO3. The molecule has 2 atom stereocenters. The standard InChI is InChI=1S/C55H95NO3/c1-3-5-7-9-11-12-13-14-15-16-17-18-19-20-21-22-23-24-25-26-27-28-29-30-31-32-33-34-35-36-37-38-39-40-41-42-43-44-45-47-49-51-55(59)56-53(52-57)54(58)50-48-46-10-8-6-4-2/h5,7,11-12,14-15,17-18,20-21,23-24,26-27,48,50,53-54,57-58H,3-4,6,8-10,13,16,19,22,25,28-47,49,51-52H2,1-2H3,(H,56,59)/b7-5-,12-11-,15-14-,18-17-,21-20-,24-23-,27-26-,50-48+. The fourth-order valence-electron chi connectivity index (χ4n) is 7.04. The average Bonchev–Trinajstić information content (AvgIpc) is 3.24. The van der Waals surface area contributed by atoms with E-state index in [1.165, 1.54) is 135 Å². The van der Waals surface area contributed by atoms with Crippen molar-refractivity contribution in [3.8, 4) is 0 Å². The molecule has 4 nitrogen and oxygen atoms in total. The third-order valence-corrected chi connectivity index (χ3v) is 10.8. The predicted octanol–water partition coefficient (Wildman–Crippen LogP) is 16.2. The molecule has 0 aromatic carbocycles. The summed E-state index contributed by atoms with van der Waals surface area (Å²) in [7, 11) is 0. The lowest BCUT2D eigenvalue weighted by Gasteiger charge is -2.20. The zero-order valence-electron chi connectivity index (χ0n) is 38.7. The summed E-state index contributed by atoms with van der Waals surface area (Å²) in [6.07, 6.45) is 74.4. The lowest BCUT2D eigenvalue weighted by Crippen LogP contribution is -2.45. The van der Waals surface area contributed by atoms with Crippen LogP contribution in [0, 0.1) is 0 Å². The number of carbonyl (C=O) groups is 1. The number of hydrogen-bond donors (Lipinski definition) is 3. The first kappa shape index (κ1) is 56.3. The van der Waals surface area contributed by atoms with Crippen molar-refractivity contribution in [2.75, 3.05) is 6.61 Å². The minimum atomic E-state index is -0.837. The van der Waals surface area contributed by atoms with Crippen LogP contribution in [0.4, 0.5) is 0 Å².